The summed E-state index contributed by atoms with van der Waals surface area (Å²) in [6.07, 6.45) is 6.19. The lowest BCUT2D eigenvalue weighted by Gasteiger charge is -2.05. The minimum absolute atomic E-state index is 0.676. The molecule has 0 fully saturated rings. The van der Waals surface area contributed by atoms with Crippen molar-refractivity contribution in [2.24, 2.45) is 0 Å². The van der Waals surface area contributed by atoms with Crippen LogP contribution >= 0.6 is 23.2 Å². The lowest BCUT2D eigenvalue weighted by atomic mass is 10.1. The predicted molar refractivity (Wildman–Crippen MR) is 75.8 cm³/mol. The Morgan fingerprint density at radius 3 is 2.67 bits per heavy atom. The fraction of sp³-hybridized carbons (Fsp3) is 0.143. The van der Waals surface area contributed by atoms with Gasteiger partial charge in [0.1, 0.15) is 5.82 Å². The summed E-state index contributed by atoms with van der Waals surface area (Å²) in [4.78, 5) is 8.34. The van der Waals surface area contributed by atoms with Crippen molar-refractivity contribution < 1.29 is 0 Å². The molecule has 0 amide bonds. The predicted octanol–water partition coefficient (Wildman–Crippen LogP) is 4.43. The second-order valence-corrected chi connectivity index (χ2v) is 4.72. The number of hydrogen-bond donors (Lipinski definition) is 0. The molecule has 0 spiro atoms. The maximum Gasteiger partial charge on any atom is 0.131 e. The second kappa shape index (κ2) is 5.98. The highest BCUT2D eigenvalue weighted by Crippen LogP contribution is 2.26. The largest absolute Gasteiger partial charge is 0.241 e. The smallest absolute Gasteiger partial charge is 0.131 e. The molecule has 1 aromatic heterocycles. The SMILES string of the molecule is CC(=CCc1ncccn1)c1cc(Cl)ccc1Cl. The van der Waals surface area contributed by atoms with Crippen LogP contribution in [0, 0.1) is 0 Å². The molecule has 2 aromatic rings. The van der Waals surface area contributed by atoms with Crippen molar-refractivity contribution in [1.82, 2.24) is 9.97 Å². The molecule has 0 saturated carbocycles. The van der Waals surface area contributed by atoms with Crippen molar-refractivity contribution >= 4 is 28.8 Å². The van der Waals surface area contributed by atoms with Crippen LogP contribution < -0.4 is 0 Å². The van der Waals surface area contributed by atoms with Gasteiger partial charge >= 0.3 is 0 Å². The molecule has 0 aliphatic rings. The van der Waals surface area contributed by atoms with Gasteiger partial charge in [-0.2, -0.15) is 0 Å². The van der Waals surface area contributed by atoms with Gasteiger partial charge in [-0.3, -0.25) is 0 Å². The van der Waals surface area contributed by atoms with Crippen LogP contribution in [0.25, 0.3) is 5.57 Å². The molecule has 1 aromatic carbocycles. The van der Waals surface area contributed by atoms with Crippen molar-refractivity contribution in [1.29, 1.82) is 0 Å². The molecule has 0 aliphatic carbocycles. The summed E-state index contributed by atoms with van der Waals surface area (Å²) in [6.45, 7) is 2.00. The molecular weight excluding hydrogens is 267 g/mol. The Morgan fingerprint density at radius 2 is 1.94 bits per heavy atom. The van der Waals surface area contributed by atoms with Gasteiger partial charge in [0.2, 0.25) is 0 Å². The molecule has 92 valence electrons. The highest BCUT2D eigenvalue weighted by molar-refractivity contribution is 6.34. The van der Waals surface area contributed by atoms with E-state index in [0.717, 1.165) is 17.0 Å². The van der Waals surface area contributed by atoms with Crippen molar-refractivity contribution in [3.63, 3.8) is 0 Å². The van der Waals surface area contributed by atoms with Crippen molar-refractivity contribution in [2.75, 3.05) is 0 Å². The number of allylic oxidation sites excluding steroid dienone is 2. The third kappa shape index (κ3) is 3.31. The Balaban J connectivity index is 2.20. The Kier molecular flexibility index (Phi) is 4.34. The van der Waals surface area contributed by atoms with Gasteiger partial charge in [-0.15, -0.1) is 0 Å². The summed E-state index contributed by atoms with van der Waals surface area (Å²) < 4.78 is 0. The van der Waals surface area contributed by atoms with E-state index in [-0.39, 0.29) is 0 Å². The molecule has 1 heterocycles. The fourth-order valence-corrected chi connectivity index (χ4v) is 2.03. The van der Waals surface area contributed by atoms with Gasteiger partial charge < -0.3 is 0 Å². The van der Waals surface area contributed by atoms with E-state index in [1.165, 1.54) is 0 Å². The Morgan fingerprint density at radius 1 is 1.22 bits per heavy atom. The number of halogens is 2. The van der Waals surface area contributed by atoms with Gasteiger partial charge in [-0.25, -0.2) is 9.97 Å². The molecule has 2 rings (SSSR count). The summed E-state index contributed by atoms with van der Waals surface area (Å²) in [6, 6.07) is 7.24. The van der Waals surface area contributed by atoms with E-state index in [4.69, 9.17) is 23.2 Å². The normalized spacial score (nSPS) is 11.6. The van der Waals surface area contributed by atoms with E-state index in [9.17, 15) is 0 Å². The van der Waals surface area contributed by atoms with E-state index >= 15 is 0 Å². The molecule has 0 aliphatic heterocycles. The standard InChI is InChI=1S/C14H12Cl2N2/c1-10(3-6-14-17-7-2-8-18-14)12-9-11(15)4-5-13(12)16/h2-5,7-9H,6H2,1H3. The average molecular weight is 279 g/mol. The summed E-state index contributed by atoms with van der Waals surface area (Å²) >= 11 is 12.1. The molecule has 0 bridgehead atoms. The van der Waals surface area contributed by atoms with E-state index in [1.54, 1.807) is 30.6 Å². The summed E-state index contributed by atoms with van der Waals surface area (Å²) in [7, 11) is 0. The number of hydrogen-bond acceptors (Lipinski definition) is 2. The van der Waals surface area contributed by atoms with Gasteiger partial charge in [0.15, 0.2) is 0 Å². The summed E-state index contributed by atoms with van der Waals surface area (Å²) in [5, 5.41) is 1.38. The maximum absolute atomic E-state index is 6.14. The monoisotopic (exact) mass is 278 g/mol. The summed E-state index contributed by atoms with van der Waals surface area (Å²) in [5.41, 5.74) is 2.01. The van der Waals surface area contributed by atoms with Crippen LogP contribution in [0.3, 0.4) is 0 Å². The van der Waals surface area contributed by atoms with Gasteiger partial charge in [-0.05, 0) is 42.3 Å². The van der Waals surface area contributed by atoms with Gasteiger partial charge in [0.25, 0.3) is 0 Å². The number of aromatic nitrogens is 2. The van der Waals surface area contributed by atoms with E-state index in [0.29, 0.717) is 16.5 Å². The molecule has 0 unspecified atom stereocenters. The van der Waals surface area contributed by atoms with Crippen molar-refractivity contribution in [3.05, 3.63) is 64.2 Å². The van der Waals surface area contributed by atoms with Crippen LogP contribution in [-0.4, -0.2) is 9.97 Å². The van der Waals surface area contributed by atoms with E-state index < -0.39 is 0 Å². The molecule has 0 saturated heterocycles. The third-order valence-corrected chi connectivity index (χ3v) is 3.13. The zero-order chi connectivity index (χ0) is 13.0. The van der Waals surface area contributed by atoms with Gasteiger partial charge in [0.05, 0.1) is 0 Å². The van der Waals surface area contributed by atoms with Crippen LogP contribution in [-0.2, 0) is 6.42 Å². The molecule has 0 atom stereocenters. The lowest BCUT2D eigenvalue weighted by Crippen LogP contribution is -1.91. The fourth-order valence-electron chi connectivity index (χ4n) is 1.59. The van der Waals surface area contributed by atoms with Crippen LogP contribution in [0.1, 0.15) is 18.3 Å². The lowest BCUT2D eigenvalue weighted by molar-refractivity contribution is 0.989. The molecule has 0 N–H and O–H groups in total. The maximum atomic E-state index is 6.14. The van der Waals surface area contributed by atoms with Crippen LogP contribution in [0.5, 0.6) is 0 Å². The van der Waals surface area contributed by atoms with Crippen LogP contribution in [0.4, 0.5) is 0 Å². The Bertz CT molecular complexity index is 565. The Hall–Kier alpha value is -1.38. The molecule has 0 radical (unpaired) electrons. The van der Waals surface area contributed by atoms with Crippen molar-refractivity contribution in [2.45, 2.75) is 13.3 Å². The first-order chi connectivity index (χ1) is 8.66. The third-order valence-electron chi connectivity index (χ3n) is 2.56. The first kappa shape index (κ1) is 13.1. The zero-order valence-electron chi connectivity index (χ0n) is 9.90. The minimum Gasteiger partial charge on any atom is -0.241 e. The number of nitrogens with zero attached hydrogens (tertiary/aromatic N) is 2. The molecular formula is C14H12Cl2N2. The number of rotatable bonds is 3. The first-order valence-electron chi connectivity index (χ1n) is 5.55. The van der Waals surface area contributed by atoms with Crippen LogP contribution in [0.2, 0.25) is 10.0 Å². The van der Waals surface area contributed by atoms with Gasteiger partial charge in [0, 0.05) is 28.9 Å². The van der Waals surface area contributed by atoms with E-state index in [2.05, 4.69) is 9.97 Å². The van der Waals surface area contributed by atoms with E-state index in [1.807, 2.05) is 19.1 Å². The second-order valence-electron chi connectivity index (χ2n) is 3.88. The van der Waals surface area contributed by atoms with Crippen molar-refractivity contribution in [3.8, 4) is 0 Å². The average Bonchev–Trinajstić information content (AvgIpc) is 2.40. The summed E-state index contributed by atoms with van der Waals surface area (Å²) in [5.74, 6) is 0.787. The Labute approximate surface area is 116 Å². The quantitative estimate of drug-likeness (QED) is 0.830. The zero-order valence-corrected chi connectivity index (χ0v) is 11.4. The van der Waals surface area contributed by atoms with Crippen LogP contribution in [0.15, 0.2) is 42.7 Å². The highest BCUT2D eigenvalue weighted by Gasteiger charge is 2.03. The minimum atomic E-state index is 0.676. The topological polar surface area (TPSA) is 25.8 Å². The first-order valence-corrected chi connectivity index (χ1v) is 6.30. The van der Waals surface area contributed by atoms with Gasteiger partial charge in [-0.1, -0.05) is 29.3 Å². The molecule has 18 heavy (non-hydrogen) atoms. The highest BCUT2D eigenvalue weighted by atomic mass is 35.5. The number of benzene rings is 1. The molecule has 4 heteroatoms. The molecule has 2 nitrogen and oxygen atoms in total.